The van der Waals surface area contributed by atoms with Crippen LogP contribution in [-0.4, -0.2) is 27.1 Å². The molecule has 1 amide bonds. The molecule has 2 rings (SSSR count). The summed E-state index contributed by atoms with van der Waals surface area (Å²) in [5.41, 5.74) is 0.803. The Morgan fingerprint density at radius 1 is 1.05 bits per heavy atom. The monoisotopic (exact) mass is 258 g/mol. The van der Waals surface area contributed by atoms with Crippen molar-refractivity contribution >= 4 is 17.6 Å². The number of pyridine rings is 1. The number of nitrogens with zero attached hydrogens (tertiary/aromatic N) is 1. The van der Waals surface area contributed by atoms with Gasteiger partial charge in [0, 0.05) is 11.9 Å². The van der Waals surface area contributed by atoms with Gasteiger partial charge in [0.25, 0.3) is 5.91 Å². The molecule has 19 heavy (non-hydrogen) atoms. The summed E-state index contributed by atoms with van der Waals surface area (Å²) in [6.45, 7) is 0. The first-order valence-electron chi connectivity index (χ1n) is 5.35. The number of aromatic nitrogens is 1. The zero-order valence-electron chi connectivity index (χ0n) is 9.70. The number of carbonyl (C=O) groups is 2. The van der Waals surface area contributed by atoms with Crippen molar-refractivity contribution < 1.29 is 19.8 Å². The standard InChI is InChI=1S/C13H10N2O4/c16-11-5-9(6-14-7-11)12(17)15-10-3-1-8(2-4-10)13(18)19/h1-7,16H,(H,15,17)(H,18,19). The number of nitrogens with one attached hydrogen (secondary N) is 1. The molecule has 1 heterocycles. The Balaban J connectivity index is 2.13. The Bertz CT molecular complexity index is 623. The molecule has 0 saturated heterocycles. The second kappa shape index (κ2) is 5.18. The fraction of sp³-hybridized carbons (Fsp3) is 0. The van der Waals surface area contributed by atoms with E-state index >= 15 is 0 Å². The van der Waals surface area contributed by atoms with Gasteiger partial charge in [-0.1, -0.05) is 0 Å². The van der Waals surface area contributed by atoms with Crippen LogP contribution in [0.3, 0.4) is 0 Å². The van der Waals surface area contributed by atoms with Gasteiger partial charge in [-0.15, -0.1) is 0 Å². The molecule has 0 aliphatic carbocycles. The molecule has 0 aliphatic heterocycles. The minimum atomic E-state index is -1.03. The number of rotatable bonds is 3. The Morgan fingerprint density at radius 3 is 2.32 bits per heavy atom. The van der Waals surface area contributed by atoms with E-state index in [-0.39, 0.29) is 16.9 Å². The van der Waals surface area contributed by atoms with Crippen LogP contribution in [0.25, 0.3) is 0 Å². The second-order valence-electron chi connectivity index (χ2n) is 3.77. The Kier molecular flexibility index (Phi) is 3.42. The zero-order valence-corrected chi connectivity index (χ0v) is 9.70. The summed E-state index contributed by atoms with van der Waals surface area (Å²) in [4.78, 5) is 26.2. The lowest BCUT2D eigenvalue weighted by molar-refractivity contribution is 0.0696. The molecule has 0 unspecified atom stereocenters. The first-order valence-corrected chi connectivity index (χ1v) is 5.35. The third kappa shape index (κ3) is 3.06. The molecule has 6 nitrogen and oxygen atoms in total. The van der Waals surface area contributed by atoms with Crippen LogP contribution in [0.4, 0.5) is 5.69 Å². The lowest BCUT2D eigenvalue weighted by atomic mass is 10.2. The second-order valence-corrected chi connectivity index (χ2v) is 3.77. The summed E-state index contributed by atoms with van der Waals surface area (Å²) in [7, 11) is 0. The summed E-state index contributed by atoms with van der Waals surface area (Å²) in [6, 6.07) is 7.03. The molecule has 6 heteroatoms. The molecule has 0 atom stereocenters. The van der Waals surface area contributed by atoms with Crippen LogP contribution in [0.15, 0.2) is 42.7 Å². The summed E-state index contributed by atoms with van der Waals surface area (Å²) >= 11 is 0. The fourth-order valence-electron chi connectivity index (χ4n) is 1.45. The average Bonchev–Trinajstić information content (AvgIpc) is 2.39. The van der Waals surface area contributed by atoms with Crippen molar-refractivity contribution in [3.05, 3.63) is 53.9 Å². The van der Waals surface area contributed by atoms with Crippen molar-refractivity contribution in [1.29, 1.82) is 0 Å². The van der Waals surface area contributed by atoms with Gasteiger partial charge in [0.15, 0.2) is 0 Å². The Hall–Kier alpha value is -2.89. The van der Waals surface area contributed by atoms with Gasteiger partial charge < -0.3 is 15.5 Å². The topological polar surface area (TPSA) is 99.5 Å². The summed E-state index contributed by atoms with van der Waals surface area (Å²) in [5, 5.41) is 20.5. The molecule has 0 radical (unpaired) electrons. The minimum Gasteiger partial charge on any atom is -0.506 e. The average molecular weight is 258 g/mol. The number of anilines is 1. The van der Waals surface area contributed by atoms with Crippen molar-refractivity contribution in [2.24, 2.45) is 0 Å². The quantitative estimate of drug-likeness (QED) is 0.778. The number of hydrogen-bond acceptors (Lipinski definition) is 4. The molecule has 0 spiro atoms. The Morgan fingerprint density at radius 2 is 1.74 bits per heavy atom. The van der Waals surface area contributed by atoms with Gasteiger partial charge >= 0.3 is 5.97 Å². The molecule has 1 aromatic heterocycles. The van der Waals surface area contributed by atoms with E-state index in [9.17, 15) is 14.7 Å². The highest BCUT2D eigenvalue weighted by atomic mass is 16.4. The maximum atomic E-state index is 11.8. The van der Waals surface area contributed by atoms with Gasteiger partial charge in [0.2, 0.25) is 0 Å². The summed E-state index contributed by atoms with van der Waals surface area (Å²) < 4.78 is 0. The predicted octanol–water partition coefficient (Wildman–Crippen LogP) is 1.74. The van der Waals surface area contributed by atoms with Gasteiger partial charge in [-0.2, -0.15) is 0 Å². The van der Waals surface area contributed by atoms with E-state index in [1.54, 1.807) is 0 Å². The highest BCUT2D eigenvalue weighted by Gasteiger charge is 2.08. The van der Waals surface area contributed by atoms with E-state index in [0.717, 1.165) is 0 Å². The number of carbonyl (C=O) groups excluding carboxylic acids is 1. The zero-order chi connectivity index (χ0) is 13.8. The van der Waals surface area contributed by atoms with Gasteiger partial charge in [-0.25, -0.2) is 4.79 Å². The smallest absolute Gasteiger partial charge is 0.335 e. The van der Waals surface area contributed by atoms with Crippen LogP contribution in [0, 0.1) is 0 Å². The van der Waals surface area contributed by atoms with E-state index in [1.165, 1.54) is 42.7 Å². The number of carboxylic acid groups (broad SMARTS) is 1. The van der Waals surface area contributed by atoms with Crippen molar-refractivity contribution in [2.75, 3.05) is 5.32 Å². The minimum absolute atomic E-state index is 0.103. The van der Waals surface area contributed by atoms with Crippen LogP contribution in [-0.2, 0) is 0 Å². The molecular weight excluding hydrogens is 248 g/mol. The Labute approximate surface area is 108 Å². The molecule has 2 aromatic rings. The lowest BCUT2D eigenvalue weighted by Crippen LogP contribution is -2.12. The number of aromatic carboxylic acids is 1. The molecule has 0 saturated carbocycles. The SMILES string of the molecule is O=C(O)c1ccc(NC(=O)c2cncc(O)c2)cc1. The normalized spacial score (nSPS) is 9.89. The van der Waals surface area contributed by atoms with Gasteiger partial charge in [-0.05, 0) is 30.3 Å². The van der Waals surface area contributed by atoms with Crippen LogP contribution in [0.2, 0.25) is 0 Å². The van der Waals surface area contributed by atoms with E-state index in [4.69, 9.17) is 5.11 Å². The van der Waals surface area contributed by atoms with E-state index in [0.29, 0.717) is 5.69 Å². The number of carboxylic acids is 1. The van der Waals surface area contributed by atoms with Gasteiger partial charge in [0.05, 0.1) is 17.3 Å². The summed E-state index contributed by atoms with van der Waals surface area (Å²) in [5.74, 6) is -1.57. The van der Waals surface area contributed by atoms with Crippen LogP contribution in [0.1, 0.15) is 20.7 Å². The fourth-order valence-corrected chi connectivity index (χ4v) is 1.45. The number of amides is 1. The third-order valence-electron chi connectivity index (χ3n) is 2.38. The predicted molar refractivity (Wildman–Crippen MR) is 67.3 cm³/mol. The van der Waals surface area contributed by atoms with E-state index in [1.807, 2.05) is 0 Å². The summed E-state index contributed by atoms with van der Waals surface area (Å²) in [6.07, 6.45) is 2.54. The van der Waals surface area contributed by atoms with Crippen molar-refractivity contribution in [2.45, 2.75) is 0 Å². The molecule has 0 bridgehead atoms. The maximum Gasteiger partial charge on any atom is 0.335 e. The third-order valence-corrected chi connectivity index (χ3v) is 2.38. The molecule has 96 valence electrons. The van der Waals surface area contributed by atoms with E-state index < -0.39 is 11.9 Å². The van der Waals surface area contributed by atoms with Gasteiger partial charge in [-0.3, -0.25) is 9.78 Å². The van der Waals surface area contributed by atoms with Gasteiger partial charge in [0.1, 0.15) is 5.75 Å². The van der Waals surface area contributed by atoms with Crippen molar-refractivity contribution in [3.63, 3.8) is 0 Å². The number of aromatic hydroxyl groups is 1. The van der Waals surface area contributed by atoms with Crippen molar-refractivity contribution in [3.8, 4) is 5.75 Å². The number of benzene rings is 1. The highest BCUT2D eigenvalue weighted by molar-refractivity contribution is 6.04. The van der Waals surface area contributed by atoms with Crippen LogP contribution in [0.5, 0.6) is 5.75 Å². The molecule has 1 aromatic carbocycles. The lowest BCUT2D eigenvalue weighted by Gasteiger charge is -2.05. The largest absolute Gasteiger partial charge is 0.506 e. The first-order chi connectivity index (χ1) is 9.06. The highest BCUT2D eigenvalue weighted by Crippen LogP contribution is 2.13. The molecule has 0 fully saturated rings. The maximum absolute atomic E-state index is 11.8. The van der Waals surface area contributed by atoms with Crippen LogP contribution < -0.4 is 5.32 Å². The molecule has 3 N–H and O–H groups in total. The van der Waals surface area contributed by atoms with Crippen LogP contribution >= 0.6 is 0 Å². The number of hydrogen-bond donors (Lipinski definition) is 3. The molecule has 0 aliphatic rings. The molecular formula is C13H10N2O4. The first kappa shape index (κ1) is 12.6. The van der Waals surface area contributed by atoms with E-state index in [2.05, 4.69) is 10.3 Å². The van der Waals surface area contributed by atoms with Crippen molar-refractivity contribution in [1.82, 2.24) is 4.98 Å².